The van der Waals surface area contributed by atoms with Gasteiger partial charge in [-0.05, 0) is 36.8 Å². The third-order valence-electron chi connectivity index (χ3n) is 4.80. The molecule has 0 amide bonds. The van der Waals surface area contributed by atoms with E-state index >= 15 is 0 Å². The molecule has 1 saturated heterocycles. The summed E-state index contributed by atoms with van der Waals surface area (Å²) in [5, 5.41) is 0. The topological polar surface area (TPSA) is 37.8 Å². The van der Waals surface area contributed by atoms with Crippen molar-refractivity contribution in [2.75, 3.05) is 37.9 Å². The number of fused-ring (bicyclic) bond motifs is 1. The smallest absolute Gasteiger partial charge is 0.231 e. The summed E-state index contributed by atoms with van der Waals surface area (Å²) in [6.07, 6.45) is 1.81. The fourth-order valence-electron chi connectivity index (χ4n) is 3.29. The van der Waals surface area contributed by atoms with Gasteiger partial charge in [0, 0.05) is 43.3 Å². The molecule has 0 bridgehead atoms. The number of ether oxygens (including phenoxy) is 2. The SMILES string of the molecule is CC(c1ccc2c(c1)OCO2)N1CCN(c2ccc(S)cn2)CC1. The predicted octanol–water partition coefficient (Wildman–Crippen LogP) is 2.98. The van der Waals surface area contributed by atoms with E-state index in [1.807, 2.05) is 18.2 Å². The second kappa shape index (κ2) is 6.53. The zero-order valence-electron chi connectivity index (χ0n) is 13.7. The number of benzene rings is 1. The summed E-state index contributed by atoms with van der Waals surface area (Å²) in [7, 11) is 0. The van der Waals surface area contributed by atoms with Gasteiger partial charge in [0.2, 0.25) is 6.79 Å². The summed E-state index contributed by atoms with van der Waals surface area (Å²) in [6, 6.07) is 10.6. The number of pyridine rings is 1. The molecule has 126 valence electrons. The van der Waals surface area contributed by atoms with Gasteiger partial charge in [-0.3, -0.25) is 4.90 Å². The van der Waals surface area contributed by atoms with E-state index in [2.05, 4.69) is 46.5 Å². The standard InChI is InChI=1S/C18H21N3O2S/c1-13(14-2-4-16-17(10-14)23-12-22-16)20-6-8-21(9-7-20)18-5-3-15(24)11-19-18/h2-5,10-11,13,24H,6-9,12H2,1H3. The Balaban J connectivity index is 1.41. The molecule has 2 aliphatic heterocycles. The summed E-state index contributed by atoms with van der Waals surface area (Å²) in [4.78, 5) is 10.2. The fraction of sp³-hybridized carbons (Fsp3) is 0.389. The summed E-state index contributed by atoms with van der Waals surface area (Å²) in [5.41, 5.74) is 1.27. The first kappa shape index (κ1) is 15.6. The van der Waals surface area contributed by atoms with Crippen LogP contribution < -0.4 is 14.4 Å². The van der Waals surface area contributed by atoms with Crippen LogP contribution in [-0.2, 0) is 0 Å². The number of thiol groups is 1. The number of piperazine rings is 1. The van der Waals surface area contributed by atoms with Crippen LogP contribution >= 0.6 is 12.6 Å². The molecule has 3 heterocycles. The van der Waals surface area contributed by atoms with Crippen LogP contribution in [0.1, 0.15) is 18.5 Å². The molecule has 5 nitrogen and oxygen atoms in total. The maximum atomic E-state index is 5.50. The Bertz CT molecular complexity index is 715. The molecule has 0 aliphatic carbocycles. The Morgan fingerprint density at radius 3 is 2.58 bits per heavy atom. The Morgan fingerprint density at radius 1 is 1.04 bits per heavy atom. The molecule has 0 saturated carbocycles. The van der Waals surface area contributed by atoms with E-state index in [0.29, 0.717) is 12.8 Å². The van der Waals surface area contributed by atoms with Gasteiger partial charge in [0.15, 0.2) is 11.5 Å². The molecule has 0 radical (unpaired) electrons. The molecule has 24 heavy (non-hydrogen) atoms. The minimum Gasteiger partial charge on any atom is -0.454 e. The zero-order valence-corrected chi connectivity index (χ0v) is 14.6. The molecule has 1 fully saturated rings. The van der Waals surface area contributed by atoms with Gasteiger partial charge in [0.05, 0.1) is 0 Å². The molecule has 2 aromatic rings. The van der Waals surface area contributed by atoms with Gasteiger partial charge in [-0.15, -0.1) is 12.6 Å². The molecule has 1 aromatic heterocycles. The minimum atomic E-state index is 0.323. The van der Waals surface area contributed by atoms with Crippen LogP contribution in [0.4, 0.5) is 5.82 Å². The molecular weight excluding hydrogens is 322 g/mol. The van der Waals surface area contributed by atoms with E-state index in [-0.39, 0.29) is 0 Å². The van der Waals surface area contributed by atoms with Crippen LogP contribution in [0.2, 0.25) is 0 Å². The third-order valence-corrected chi connectivity index (χ3v) is 5.06. The van der Waals surface area contributed by atoms with Gasteiger partial charge < -0.3 is 14.4 Å². The average molecular weight is 343 g/mol. The maximum Gasteiger partial charge on any atom is 0.231 e. The lowest BCUT2D eigenvalue weighted by Crippen LogP contribution is -2.47. The molecule has 1 unspecified atom stereocenters. The Morgan fingerprint density at radius 2 is 1.83 bits per heavy atom. The molecule has 0 N–H and O–H groups in total. The number of hydrogen-bond acceptors (Lipinski definition) is 6. The maximum absolute atomic E-state index is 5.50. The normalized spacial score (nSPS) is 18.7. The fourth-order valence-corrected chi connectivity index (χ4v) is 3.42. The van der Waals surface area contributed by atoms with E-state index in [0.717, 1.165) is 48.4 Å². The number of anilines is 1. The highest BCUT2D eigenvalue weighted by molar-refractivity contribution is 7.80. The second-order valence-corrected chi connectivity index (χ2v) is 6.70. The van der Waals surface area contributed by atoms with Crippen molar-refractivity contribution in [3.05, 3.63) is 42.1 Å². The number of rotatable bonds is 3. The van der Waals surface area contributed by atoms with Crippen LogP contribution in [0.5, 0.6) is 11.5 Å². The Kier molecular flexibility index (Phi) is 4.24. The lowest BCUT2D eigenvalue weighted by molar-refractivity contribution is 0.173. The third kappa shape index (κ3) is 3.03. The van der Waals surface area contributed by atoms with Crippen molar-refractivity contribution in [2.24, 2.45) is 0 Å². The quantitative estimate of drug-likeness (QED) is 0.868. The van der Waals surface area contributed by atoms with Crippen molar-refractivity contribution in [3.63, 3.8) is 0 Å². The molecule has 0 spiro atoms. The monoisotopic (exact) mass is 343 g/mol. The van der Waals surface area contributed by atoms with Crippen molar-refractivity contribution in [1.82, 2.24) is 9.88 Å². The van der Waals surface area contributed by atoms with Gasteiger partial charge in [0.1, 0.15) is 5.82 Å². The van der Waals surface area contributed by atoms with Gasteiger partial charge in [0.25, 0.3) is 0 Å². The highest BCUT2D eigenvalue weighted by Crippen LogP contribution is 2.35. The first-order valence-corrected chi connectivity index (χ1v) is 8.69. The van der Waals surface area contributed by atoms with Crippen LogP contribution in [0, 0.1) is 0 Å². The predicted molar refractivity (Wildman–Crippen MR) is 96.3 cm³/mol. The van der Waals surface area contributed by atoms with Gasteiger partial charge in [-0.25, -0.2) is 4.98 Å². The molecule has 4 rings (SSSR count). The van der Waals surface area contributed by atoms with E-state index < -0.39 is 0 Å². The van der Waals surface area contributed by atoms with Gasteiger partial charge >= 0.3 is 0 Å². The van der Waals surface area contributed by atoms with Crippen LogP contribution in [0.3, 0.4) is 0 Å². The number of aromatic nitrogens is 1. The summed E-state index contributed by atoms with van der Waals surface area (Å²) >= 11 is 4.30. The lowest BCUT2D eigenvalue weighted by Gasteiger charge is -2.38. The van der Waals surface area contributed by atoms with E-state index in [1.54, 1.807) is 6.20 Å². The molecule has 1 atom stereocenters. The van der Waals surface area contributed by atoms with Crippen LogP contribution in [0.25, 0.3) is 0 Å². The van der Waals surface area contributed by atoms with Gasteiger partial charge in [-0.2, -0.15) is 0 Å². The highest BCUT2D eigenvalue weighted by Gasteiger charge is 2.24. The molecule has 2 aliphatic rings. The van der Waals surface area contributed by atoms with Crippen LogP contribution in [0.15, 0.2) is 41.4 Å². The number of hydrogen-bond donors (Lipinski definition) is 1. The lowest BCUT2D eigenvalue weighted by atomic mass is 10.1. The average Bonchev–Trinajstić information content (AvgIpc) is 3.09. The Hall–Kier alpha value is -1.92. The summed E-state index contributed by atoms with van der Waals surface area (Å²) in [5.74, 6) is 2.73. The van der Waals surface area contributed by atoms with Crippen molar-refractivity contribution in [1.29, 1.82) is 0 Å². The van der Waals surface area contributed by atoms with E-state index in [1.165, 1.54) is 5.56 Å². The van der Waals surface area contributed by atoms with E-state index in [9.17, 15) is 0 Å². The molecule has 1 aromatic carbocycles. The van der Waals surface area contributed by atoms with Crippen LogP contribution in [-0.4, -0.2) is 42.9 Å². The first-order chi connectivity index (χ1) is 11.7. The second-order valence-electron chi connectivity index (χ2n) is 6.19. The zero-order chi connectivity index (χ0) is 16.5. The van der Waals surface area contributed by atoms with Gasteiger partial charge in [-0.1, -0.05) is 6.07 Å². The largest absolute Gasteiger partial charge is 0.454 e. The molecular formula is C18H21N3O2S. The minimum absolute atomic E-state index is 0.323. The van der Waals surface area contributed by atoms with Crippen molar-refractivity contribution >= 4 is 18.4 Å². The van der Waals surface area contributed by atoms with Crippen molar-refractivity contribution in [2.45, 2.75) is 17.9 Å². The summed E-state index contributed by atoms with van der Waals surface area (Å²) in [6.45, 7) is 6.56. The first-order valence-electron chi connectivity index (χ1n) is 8.24. The Labute approximate surface area is 147 Å². The van der Waals surface area contributed by atoms with Crippen molar-refractivity contribution < 1.29 is 9.47 Å². The number of nitrogens with zero attached hydrogens (tertiary/aromatic N) is 3. The summed E-state index contributed by atoms with van der Waals surface area (Å²) < 4.78 is 10.9. The molecule has 6 heteroatoms. The van der Waals surface area contributed by atoms with Crippen molar-refractivity contribution in [3.8, 4) is 11.5 Å². The van der Waals surface area contributed by atoms with E-state index in [4.69, 9.17) is 9.47 Å². The highest BCUT2D eigenvalue weighted by atomic mass is 32.1.